The minimum atomic E-state index is -6.77. The molecule has 68 heavy (non-hydrogen) atoms. The van der Waals surface area contributed by atoms with E-state index in [0.29, 0.717) is 0 Å². The van der Waals surface area contributed by atoms with Crippen LogP contribution in [0.5, 0.6) is 0 Å². The van der Waals surface area contributed by atoms with Crippen LogP contribution in [0.2, 0.25) is 0 Å². The number of hydrogen-bond donors (Lipinski definition) is 0. The Labute approximate surface area is 771 Å². The first-order valence-corrected chi connectivity index (χ1v) is 24.8. The molecule has 1 fully saturated rings. The maximum atomic E-state index is 11.6. The molecule has 0 aliphatic carbocycles. The van der Waals surface area contributed by atoms with Gasteiger partial charge in [0.25, 0.3) is 0 Å². The van der Waals surface area contributed by atoms with Crippen LogP contribution in [0.3, 0.4) is 0 Å². The molecular formula is C12H15K9O38S9. The van der Waals surface area contributed by atoms with Crippen LogP contribution >= 0.6 is 0 Å². The van der Waals surface area contributed by atoms with E-state index >= 15 is 0 Å². The quantitative estimate of drug-likeness (QED) is 0.0441. The third-order valence-electron chi connectivity index (χ3n) is 5.45. The summed E-state index contributed by atoms with van der Waals surface area (Å²) in [6, 6.07) is 0. The van der Waals surface area contributed by atoms with Gasteiger partial charge in [0.05, 0.1) is 19.8 Å². The Kier molecular flexibility index (Phi) is 63.8. The van der Waals surface area contributed by atoms with Gasteiger partial charge in [0, 0.05) is 0 Å². The summed E-state index contributed by atoms with van der Waals surface area (Å²) < 4.78 is 350. The van der Waals surface area contributed by atoms with E-state index < -0.39 is 169 Å². The van der Waals surface area contributed by atoms with Gasteiger partial charge in [-0.3, -0.25) is 37.6 Å². The molecule has 0 spiro atoms. The number of hydrogen-bond acceptors (Lipinski definition) is 38. The van der Waals surface area contributed by atoms with E-state index in [0.717, 1.165) is 0 Å². The second-order valence-electron chi connectivity index (χ2n) is 9.69. The molecule has 1 aliphatic heterocycles. The van der Waals surface area contributed by atoms with Crippen LogP contribution in [-0.2, 0) is 141 Å². The van der Waals surface area contributed by atoms with Crippen molar-refractivity contribution in [1.29, 1.82) is 0 Å². The molecule has 1 saturated heterocycles. The molecule has 0 aromatic rings. The molecule has 38 nitrogen and oxygen atoms in total. The molecule has 354 valence electrons. The molecule has 0 bridgehead atoms. The second-order valence-corrected chi connectivity index (χ2v) is 18.9. The van der Waals surface area contributed by atoms with E-state index in [2.05, 4.69) is 42.4 Å². The van der Waals surface area contributed by atoms with Gasteiger partial charge in [-0.15, -0.1) is 0 Å². The number of ether oxygens (including phenoxy) is 2. The van der Waals surface area contributed by atoms with Crippen LogP contribution in [0, 0.1) is 0 Å². The van der Waals surface area contributed by atoms with E-state index in [-0.39, 0.29) is 462 Å². The zero-order valence-corrected chi connectivity index (χ0v) is 71.0. The monoisotopic (exact) mass is 1410 g/mol. The summed E-state index contributed by atoms with van der Waals surface area (Å²) in [6.45, 7) is -7.11. The normalized spacial score (nSPS) is 21.0. The van der Waals surface area contributed by atoms with Gasteiger partial charge >= 0.3 is 462 Å². The van der Waals surface area contributed by atoms with Crippen molar-refractivity contribution in [1.82, 2.24) is 0 Å². The van der Waals surface area contributed by atoms with Gasteiger partial charge < -0.3 is 50.4 Å². The maximum absolute atomic E-state index is 11.6. The predicted octanol–water partition coefficient (Wildman–Crippen LogP) is -37.4. The molecule has 1 rings (SSSR count). The maximum Gasteiger partial charge on any atom is 1.00 e. The summed E-state index contributed by atoms with van der Waals surface area (Å²) in [7, 11) is -58.4. The second kappa shape index (κ2) is 43.2. The van der Waals surface area contributed by atoms with Crippen LogP contribution in [-0.4, -0.2) is 192 Å². The van der Waals surface area contributed by atoms with Gasteiger partial charge in [0.2, 0.25) is 93.6 Å². The Morgan fingerprint density at radius 2 is 0.647 bits per heavy atom. The van der Waals surface area contributed by atoms with E-state index in [1.54, 1.807) is 0 Å². The zero-order valence-electron chi connectivity index (χ0n) is 35.5. The van der Waals surface area contributed by atoms with Crippen LogP contribution in [0.1, 0.15) is 0 Å². The summed E-state index contributed by atoms with van der Waals surface area (Å²) in [5, 5.41) is 0. The molecule has 9 atom stereocenters. The standard InChI is InChI=1S/C12H24O38S9.9K/c13-51(14,15)41-2-4-7(46-55(25,26)27)10(49-58(34,35)36)11(50-59(37,38)39)12(43-4)40-1-5(44-53(19,20)21)8(47-56(28,29)30)9(48-57(31,32)33)6(45-54(22,23)24)3-42-52(16,17)18;;;;;;;;;/h4-12H,1-3H2,(H,13,14,15)(H,16,17,18)(H,19,20,21)(H,22,23,24)(H,25,26,27)(H,28,29,30)(H,31,32,33)(H,34,35,36)(H,37,38,39);;;;;;;;;/q;9*+1/p-9/t4-,5-,6+,7-,8+,9+,10+,11-,12-;;;;;;;;;/m1........./s1. The van der Waals surface area contributed by atoms with Crippen molar-refractivity contribution in [2.75, 3.05) is 19.8 Å². The molecule has 0 radical (unpaired) electrons. The van der Waals surface area contributed by atoms with Gasteiger partial charge in [0.15, 0.2) is 12.4 Å². The topological polar surface area (TPSA) is 616 Å². The fourth-order valence-corrected chi connectivity index (χ4v) is 7.98. The van der Waals surface area contributed by atoms with E-state index in [1.807, 2.05) is 0 Å². The van der Waals surface area contributed by atoms with Gasteiger partial charge in [-0.25, -0.2) is 75.8 Å². The summed E-state index contributed by atoms with van der Waals surface area (Å²) in [4.78, 5) is 0. The Hall–Kier alpha value is 13.5. The van der Waals surface area contributed by atoms with E-state index in [9.17, 15) is 117 Å². The first-order chi connectivity index (χ1) is 25.8. The van der Waals surface area contributed by atoms with Crippen molar-refractivity contribution in [2.24, 2.45) is 0 Å². The molecule has 0 aromatic heterocycles. The summed E-state index contributed by atoms with van der Waals surface area (Å²) in [5.74, 6) is 0. The van der Waals surface area contributed by atoms with Gasteiger partial charge in [-0.2, -0.15) is 0 Å². The van der Waals surface area contributed by atoms with Crippen LogP contribution in [0.15, 0.2) is 0 Å². The van der Waals surface area contributed by atoms with Gasteiger partial charge in [-0.05, 0) is 0 Å². The molecule has 0 N–H and O–H groups in total. The first kappa shape index (κ1) is 100. The Morgan fingerprint density at radius 3 is 0.941 bits per heavy atom. The minimum absolute atomic E-state index is 0. The molecule has 1 aliphatic rings. The number of rotatable bonds is 26. The Morgan fingerprint density at radius 1 is 0.353 bits per heavy atom. The van der Waals surface area contributed by atoms with Crippen LogP contribution in [0.4, 0.5) is 0 Å². The third kappa shape index (κ3) is 51.5. The molecular weight excluding hydrogens is 1390 g/mol. The molecule has 0 saturated carbocycles. The summed E-state index contributed by atoms with van der Waals surface area (Å²) in [5.41, 5.74) is 0. The fourth-order valence-electron chi connectivity index (χ4n) is 3.96. The smallest absolute Gasteiger partial charge is 0.726 e. The van der Waals surface area contributed by atoms with Crippen molar-refractivity contribution in [3.8, 4) is 0 Å². The van der Waals surface area contributed by atoms with Crippen molar-refractivity contribution >= 4 is 93.6 Å². The van der Waals surface area contributed by atoms with Crippen molar-refractivity contribution in [3.05, 3.63) is 0 Å². The van der Waals surface area contributed by atoms with Gasteiger partial charge in [0.1, 0.15) is 42.7 Å². The van der Waals surface area contributed by atoms with Gasteiger partial charge in [-0.1, -0.05) is 0 Å². The van der Waals surface area contributed by atoms with Crippen LogP contribution in [0.25, 0.3) is 0 Å². The zero-order chi connectivity index (χ0) is 46.6. The SMILES string of the molecule is O=S(=O)([O-])OC[C@H](OS(=O)(=O)[O-])[C@H](OS(=O)(=O)[O-])[C@@H](OS(=O)(=O)[O-])[C@@H](CO[C@@H]1O[C@H](COS(=O)(=O)[O-])[C@@H](OS(=O)(=O)[O-])[C@H](OS(=O)(=O)[O-])[C@H]1OS(=O)(=O)[O-])OS(=O)(=O)[O-].[K+].[K+].[K+].[K+].[K+].[K+].[K+].[K+].[K+]. The summed E-state index contributed by atoms with van der Waals surface area (Å²) >= 11 is 0. The molecule has 1 heterocycles. The molecule has 0 aromatic carbocycles. The van der Waals surface area contributed by atoms with Crippen molar-refractivity contribution in [2.45, 2.75) is 55.1 Å². The Bertz CT molecular complexity index is 2510. The van der Waals surface area contributed by atoms with E-state index in [4.69, 9.17) is 4.74 Å². The first-order valence-electron chi connectivity index (χ1n) is 12.8. The fraction of sp³-hybridized carbons (Fsp3) is 1.00. The molecule has 0 amide bonds. The molecule has 56 heteroatoms. The predicted molar refractivity (Wildman–Crippen MR) is 148 cm³/mol. The average Bonchev–Trinajstić information content (AvgIpc) is 2.92. The average molecular weight is 1410 g/mol. The largest absolute Gasteiger partial charge is 1.00 e. The minimum Gasteiger partial charge on any atom is -0.726 e. The summed E-state index contributed by atoms with van der Waals surface area (Å²) in [6.07, 6.45) is -32.6. The van der Waals surface area contributed by atoms with E-state index in [1.165, 1.54) is 0 Å². The van der Waals surface area contributed by atoms with Crippen molar-refractivity contribution < 1.29 is 626 Å². The third-order valence-corrected chi connectivity index (χ3v) is 9.56. The van der Waals surface area contributed by atoms with Crippen molar-refractivity contribution in [3.63, 3.8) is 0 Å². The molecule has 0 unspecified atom stereocenters. The van der Waals surface area contributed by atoms with Crippen LogP contribution < -0.4 is 462 Å². The Balaban J connectivity index is -0.000000553.